The lowest BCUT2D eigenvalue weighted by atomic mass is 9.88. The van der Waals surface area contributed by atoms with Gasteiger partial charge in [-0.15, -0.1) is 5.10 Å². The predicted octanol–water partition coefficient (Wildman–Crippen LogP) is 4.79. The van der Waals surface area contributed by atoms with Crippen molar-refractivity contribution < 1.29 is 40.3 Å². The summed E-state index contributed by atoms with van der Waals surface area (Å²) >= 11 is 6.25. The molecule has 7 nitrogen and oxygen atoms in total. The van der Waals surface area contributed by atoms with Gasteiger partial charge in [0.1, 0.15) is 17.3 Å². The third kappa shape index (κ3) is 6.52. The third-order valence-electron chi connectivity index (χ3n) is 4.97. The Hall–Kier alpha value is -3.03. The van der Waals surface area contributed by atoms with Gasteiger partial charge >= 0.3 is 12.8 Å². The number of rotatable bonds is 7. The summed E-state index contributed by atoms with van der Waals surface area (Å²) in [6.07, 6.45) is -4.55. The van der Waals surface area contributed by atoms with Gasteiger partial charge in [-0.1, -0.05) is 11.6 Å². The highest BCUT2D eigenvalue weighted by atomic mass is 35.5. The van der Waals surface area contributed by atoms with E-state index in [1.807, 2.05) is 5.43 Å². The molecule has 1 amide bonds. The van der Waals surface area contributed by atoms with Gasteiger partial charge in [0.15, 0.2) is 17.4 Å². The van der Waals surface area contributed by atoms with Crippen LogP contribution in [0.2, 0.25) is 5.02 Å². The fourth-order valence-electron chi connectivity index (χ4n) is 3.55. The molecule has 0 radical (unpaired) electrons. The molecule has 1 aromatic carbocycles. The molecule has 1 aliphatic rings. The average molecular weight is 516 g/mol. The molecule has 1 fully saturated rings. The van der Waals surface area contributed by atoms with E-state index >= 15 is 0 Å². The van der Waals surface area contributed by atoms with Crippen LogP contribution in [0.15, 0.2) is 18.3 Å². The number of amides is 1. The summed E-state index contributed by atoms with van der Waals surface area (Å²) in [5.41, 5.74) is 4.32. The summed E-state index contributed by atoms with van der Waals surface area (Å²) in [5.74, 6) is -4.93. The summed E-state index contributed by atoms with van der Waals surface area (Å²) in [6.45, 7) is -2.76. The van der Waals surface area contributed by atoms with E-state index in [0.29, 0.717) is 11.8 Å². The molecule has 2 heterocycles. The Bertz CT molecular complexity index is 1030. The third-order valence-corrected chi connectivity index (χ3v) is 5.34. The summed E-state index contributed by atoms with van der Waals surface area (Å²) in [6, 6.07) is 1.41. The second-order valence-electron chi connectivity index (χ2n) is 7.30. The number of nitrogens with one attached hydrogen (secondary N) is 2. The van der Waals surface area contributed by atoms with Gasteiger partial charge in [-0.3, -0.25) is 15.6 Å². The standard InChI is InChI=1S/C19H17ClF7N5O2/c20-15-13(8-28-30-17(15)31-29-14(33)7-19(25,26)27)32-3-1-9(2-4-32)11-5-10(21)6-12(22)16(11)34-18(23)24/h5-6,8-9,18H,1-4,7H2,(H,29,33)(H,30,31). The normalized spacial score (nSPS) is 14.9. The minimum Gasteiger partial charge on any atom is -0.431 e. The highest BCUT2D eigenvalue weighted by Crippen LogP contribution is 2.39. The zero-order valence-electron chi connectivity index (χ0n) is 17.1. The zero-order valence-corrected chi connectivity index (χ0v) is 17.9. The van der Waals surface area contributed by atoms with Crippen LogP contribution in [0.3, 0.4) is 0 Å². The molecule has 0 saturated carbocycles. The van der Waals surface area contributed by atoms with Crippen LogP contribution in [0.4, 0.5) is 42.2 Å². The number of hydrogen-bond acceptors (Lipinski definition) is 6. The average Bonchev–Trinajstić information content (AvgIpc) is 2.73. The van der Waals surface area contributed by atoms with E-state index in [0.717, 1.165) is 6.07 Å². The van der Waals surface area contributed by atoms with E-state index in [-0.39, 0.29) is 42.3 Å². The summed E-state index contributed by atoms with van der Waals surface area (Å²) < 4.78 is 94.3. The first kappa shape index (κ1) is 25.6. The van der Waals surface area contributed by atoms with E-state index in [4.69, 9.17) is 11.6 Å². The number of carbonyl (C=O) groups is 1. The van der Waals surface area contributed by atoms with Gasteiger partial charge in [-0.05, 0) is 24.8 Å². The maximum Gasteiger partial charge on any atom is 0.397 e. The second kappa shape index (κ2) is 10.5. The second-order valence-corrected chi connectivity index (χ2v) is 7.68. The van der Waals surface area contributed by atoms with Crippen LogP contribution in [0.1, 0.15) is 30.7 Å². The molecule has 0 aliphatic carbocycles. The van der Waals surface area contributed by atoms with Crippen molar-refractivity contribution in [3.63, 3.8) is 0 Å². The molecule has 34 heavy (non-hydrogen) atoms. The first-order valence-corrected chi connectivity index (χ1v) is 10.1. The number of anilines is 2. The van der Waals surface area contributed by atoms with Crippen molar-refractivity contribution in [3.8, 4) is 5.75 Å². The molecule has 1 aromatic heterocycles. The Morgan fingerprint density at radius 3 is 2.53 bits per heavy atom. The number of nitrogens with zero attached hydrogens (tertiary/aromatic N) is 3. The molecular formula is C19H17ClF7N5O2. The van der Waals surface area contributed by atoms with Crippen molar-refractivity contribution in [2.75, 3.05) is 23.4 Å². The molecule has 0 bridgehead atoms. The number of ether oxygens (including phenoxy) is 1. The van der Waals surface area contributed by atoms with E-state index in [1.165, 1.54) is 6.20 Å². The molecule has 0 atom stereocenters. The van der Waals surface area contributed by atoms with Gasteiger partial charge in [0.2, 0.25) is 5.91 Å². The van der Waals surface area contributed by atoms with Crippen molar-refractivity contribution in [3.05, 3.63) is 40.6 Å². The van der Waals surface area contributed by atoms with Gasteiger partial charge in [-0.25, -0.2) is 8.78 Å². The summed E-state index contributed by atoms with van der Waals surface area (Å²) in [7, 11) is 0. The quantitative estimate of drug-likeness (QED) is 0.408. The Balaban J connectivity index is 1.69. The van der Waals surface area contributed by atoms with Gasteiger partial charge in [0, 0.05) is 24.7 Å². The van der Waals surface area contributed by atoms with Crippen molar-refractivity contribution in [2.24, 2.45) is 0 Å². The Morgan fingerprint density at radius 2 is 1.91 bits per heavy atom. The van der Waals surface area contributed by atoms with E-state index in [1.54, 1.807) is 4.90 Å². The number of piperidine rings is 1. The topological polar surface area (TPSA) is 79.4 Å². The fraction of sp³-hybridized carbons (Fsp3) is 0.421. The SMILES string of the molecule is O=C(CC(F)(F)F)NNc1nncc(N2CCC(c3cc(F)cc(F)c3OC(F)F)CC2)c1Cl. The smallest absolute Gasteiger partial charge is 0.397 e. The molecule has 0 spiro atoms. The first-order valence-electron chi connectivity index (χ1n) is 9.76. The molecule has 1 aliphatic heterocycles. The van der Waals surface area contributed by atoms with E-state index in [9.17, 15) is 35.5 Å². The molecule has 15 heteroatoms. The van der Waals surface area contributed by atoms with Crippen molar-refractivity contribution in [1.29, 1.82) is 0 Å². The van der Waals surface area contributed by atoms with Gasteiger partial charge in [0.25, 0.3) is 0 Å². The maximum absolute atomic E-state index is 14.0. The van der Waals surface area contributed by atoms with Crippen LogP contribution < -0.4 is 20.5 Å². The fourth-order valence-corrected chi connectivity index (χ4v) is 3.80. The molecule has 2 N–H and O–H groups in total. The van der Waals surface area contributed by atoms with Crippen LogP contribution in [-0.2, 0) is 4.79 Å². The van der Waals surface area contributed by atoms with Crippen molar-refractivity contribution in [2.45, 2.75) is 38.0 Å². The Labute approximate surface area is 193 Å². The molecular weight excluding hydrogens is 499 g/mol. The number of benzene rings is 1. The monoisotopic (exact) mass is 515 g/mol. The molecule has 3 rings (SSSR count). The Kier molecular flexibility index (Phi) is 7.89. The minimum absolute atomic E-state index is 0.0221. The van der Waals surface area contributed by atoms with Gasteiger partial charge in [-0.2, -0.15) is 27.1 Å². The zero-order chi connectivity index (χ0) is 25.0. The van der Waals surface area contributed by atoms with Crippen LogP contribution in [-0.4, -0.2) is 42.0 Å². The number of halogens is 8. The number of aromatic nitrogens is 2. The number of alkyl halides is 5. The summed E-state index contributed by atoms with van der Waals surface area (Å²) in [4.78, 5) is 13.1. The lowest BCUT2D eigenvalue weighted by Gasteiger charge is -2.34. The highest BCUT2D eigenvalue weighted by molar-refractivity contribution is 6.35. The van der Waals surface area contributed by atoms with Crippen LogP contribution >= 0.6 is 11.6 Å². The van der Waals surface area contributed by atoms with Crippen LogP contribution in [0, 0.1) is 11.6 Å². The molecule has 1 saturated heterocycles. The lowest BCUT2D eigenvalue weighted by molar-refractivity contribution is -0.153. The van der Waals surface area contributed by atoms with Crippen molar-refractivity contribution >= 4 is 29.0 Å². The number of hydrazine groups is 1. The van der Waals surface area contributed by atoms with Gasteiger partial charge in [0.05, 0.1) is 11.9 Å². The Morgan fingerprint density at radius 1 is 1.24 bits per heavy atom. The van der Waals surface area contributed by atoms with Crippen LogP contribution in [0.5, 0.6) is 5.75 Å². The minimum atomic E-state index is -4.70. The van der Waals surface area contributed by atoms with Crippen molar-refractivity contribution in [1.82, 2.24) is 15.6 Å². The summed E-state index contributed by atoms with van der Waals surface area (Å²) in [5, 5.41) is 7.30. The molecule has 186 valence electrons. The largest absolute Gasteiger partial charge is 0.431 e. The van der Waals surface area contributed by atoms with Gasteiger partial charge < -0.3 is 9.64 Å². The first-order chi connectivity index (χ1) is 15.9. The molecule has 0 unspecified atom stereocenters. The highest BCUT2D eigenvalue weighted by Gasteiger charge is 2.32. The van der Waals surface area contributed by atoms with E-state index in [2.05, 4.69) is 20.4 Å². The predicted molar refractivity (Wildman–Crippen MR) is 107 cm³/mol. The lowest BCUT2D eigenvalue weighted by Crippen LogP contribution is -2.35. The van der Waals surface area contributed by atoms with E-state index < -0.39 is 48.4 Å². The number of carbonyl (C=O) groups excluding carboxylic acids is 1. The molecule has 2 aromatic rings. The maximum atomic E-state index is 14.0. The number of hydrogen-bond donors (Lipinski definition) is 2. The van der Waals surface area contributed by atoms with Crippen LogP contribution in [0.25, 0.3) is 0 Å².